The fourth-order valence-electron chi connectivity index (χ4n) is 3.66. The van der Waals surface area contributed by atoms with E-state index in [4.69, 9.17) is 0 Å². The van der Waals surface area contributed by atoms with Crippen LogP contribution >= 0.6 is 0 Å². The maximum Gasteiger partial charge on any atom is 0.234 e. The number of benzene rings is 1. The number of piperidine rings is 2. The van der Waals surface area contributed by atoms with Gasteiger partial charge in [0.1, 0.15) is 0 Å². The summed E-state index contributed by atoms with van der Waals surface area (Å²) in [7, 11) is 0. The first-order valence-corrected chi connectivity index (χ1v) is 9.09. The van der Waals surface area contributed by atoms with E-state index in [-0.39, 0.29) is 17.7 Å². The van der Waals surface area contributed by atoms with Crippen molar-refractivity contribution in [1.82, 2.24) is 10.6 Å². The van der Waals surface area contributed by atoms with Gasteiger partial charge >= 0.3 is 0 Å². The summed E-state index contributed by atoms with van der Waals surface area (Å²) >= 11 is 0. The lowest BCUT2D eigenvalue weighted by Crippen LogP contribution is -2.46. The van der Waals surface area contributed by atoms with Crippen molar-refractivity contribution < 1.29 is 9.59 Å². The average Bonchev–Trinajstić information content (AvgIpc) is 2.60. The first-order chi connectivity index (χ1) is 11.7. The molecule has 2 saturated heterocycles. The van der Waals surface area contributed by atoms with Crippen LogP contribution < -0.4 is 15.5 Å². The van der Waals surface area contributed by atoms with Gasteiger partial charge < -0.3 is 10.2 Å². The lowest BCUT2D eigenvalue weighted by atomic mass is 9.90. The largest absolute Gasteiger partial charge is 0.370 e. The van der Waals surface area contributed by atoms with Crippen LogP contribution in [0.1, 0.15) is 50.5 Å². The van der Waals surface area contributed by atoms with E-state index < -0.39 is 0 Å². The molecule has 1 aromatic carbocycles. The molecule has 2 aliphatic rings. The number of imide groups is 1. The van der Waals surface area contributed by atoms with Gasteiger partial charge in [0.15, 0.2) is 0 Å². The Hall–Kier alpha value is -1.88. The molecule has 2 heterocycles. The molecular formula is C19H27N3O2. The summed E-state index contributed by atoms with van der Waals surface area (Å²) in [4.78, 5) is 25.7. The standard InChI is InChI=1S/C19H27N3O2/c1-2-11-20-15-4-3-12-22(13-15)16-7-5-14(6-8-16)17-9-10-18(23)21-19(17)24/h5-8,15,17,20H,2-4,9-13H2,1H3,(H,21,23,24). The molecule has 130 valence electrons. The minimum absolute atomic E-state index is 0.160. The Bertz CT molecular complexity index is 585. The summed E-state index contributed by atoms with van der Waals surface area (Å²) in [6, 6.07) is 8.87. The smallest absolute Gasteiger partial charge is 0.234 e. The van der Waals surface area contributed by atoms with Crippen molar-refractivity contribution in [1.29, 1.82) is 0 Å². The van der Waals surface area contributed by atoms with E-state index in [1.165, 1.54) is 18.5 Å². The maximum absolute atomic E-state index is 12.0. The quantitative estimate of drug-likeness (QED) is 0.813. The van der Waals surface area contributed by atoms with Crippen LogP contribution in [0.4, 0.5) is 5.69 Å². The second-order valence-corrected chi connectivity index (χ2v) is 6.83. The first-order valence-electron chi connectivity index (χ1n) is 9.09. The van der Waals surface area contributed by atoms with Gasteiger partial charge in [0.2, 0.25) is 11.8 Å². The van der Waals surface area contributed by atoms with Crippen molar-refractivity contribution in [2.75, 3.05) is 24.5 Å². The molecule has 0 saturated carbocycles. The SMILES string of the molecule is CCCNC1CCCN(c2ccc(C3CCC(=O)NC3=O)cc2)C1. The number of hydrogen-bond acceptors (Lipinski definition) is 4. The first kappa shape index (κ1) is 17.0. The molecule has 2 atom stereocenters. The molecule has 2 amide bonds. The van der Waals surface area contributed by atoms with Crippen molar-refractivity contribution in [3.05, 3.63) is 29.8 Å². The Morgan fingerprint density at radius 1 is 1.21 bits per heavy atom. The zero-order valence-corrected chi connectivity index (χ0v) is 14.4. The van der Waals surface area contributed by atoms with Crippen molar-refractivity contribution in [3.8, 4) is 0 Å². The second kappa shape index (κ2) is 7.79. The van der Waals surface area contributed by atoms with Gasteiger partial charge in [-0.05, 0) is 49.9 Å². The Morgan fingerprint density at radius 2 is 2.00 bits per heavy atom. The number of hydrogen-bond donors (Lipinski definition) is 2. The van der Waals surface area contributed by atoms with E-state index in [9.17, 15) is 9.59 Å². The third-order valence-corrected chi connectivity index (χ3v) is 5.00. The number of carbonyl (C=O) groups is 2. The topological polar surface area (TPSA) is 61.4 Å². The molecule has 0 aromatic heterocycles. The van der Waals surface area contributed by atoms with E-state index in [0.717, 1.165) is 31.6 Å². The van der Waals surface area contributed by atoms with Crippen LogP contribution in [0.2, 0.25) is 0 Å². The third-order valence-electron chi connectivity index (χ3n) is 5.00. The van der Waals surface area contributed by atoms with Crippen molar-refractivity contribution in [2.24, 2.45) is 0 Å². The van der Waals surface area contributed by atoms with Gasteiger partial charge in [-0.25, -0.2) is 0 Å². The predicted molar refractivity (Wildman–Crippen MR) is 95.1 cm³/mol. The molecule has 2 aliphatic heterocycles. The average molecular weight is 329 g/mol. The number of rotatable bonds is 5. The Labute approximate surface area is 143 Å². The highest BCUT2D eigenvalue weighted by molar-refractivity contribution is 6.00. The zero-order chi connectivity index (χ0) is 16.9. The summed E-state index contributed by atoms with van der Waals surface area (Å²) in [6.07, 6.45) is 4.64. The van der Waals surface area contributed by atoms with Gasteiger partial charge in [-0.15, -0.1) is 0 Å². The van der Waals surface area contributed by atoms with Gasteiger partial charge in [-0.3, -0.25) is 14.9 Å². The van der Waals surface area contributed by atoms with Gasteiger partial charge in [0.05, 0.1) is 5.92 Å². The Kier molecular flexibility index (Phi) is 5.51. The van der Waals surface area contributed by atoms with Crippen LogP contribution in [0.3, 0.4) is 0 Å². The van der Waals surface area contributed by atoms with Gasteiger partial charge in [0.25, 0.3) is 0 Å². The van der Waals surface area contributed by atoms with Crippen molar-refractivity contribution in [3.63, 3.8) is 0 Å². The second-order valence-electron chi connectivity index (χ2n) is 6.83. The molecule has 1 aromatic rings. The van der Waals surface area contributed by atoms with Gasteiger partial charge in [-0.1, -0.05) is 19.1 Å². The predicted octanol–water partition coefficient (Wildman–Crippen LogP) is 2.18. The molecule has 5 heteroatoms. The third kappa shape index (κ3) is 3.96. The number of nitrogens with one attached hydrogen (secondary N) is 2. The van der Waals surface area contributed by atoms with Gasteiger partial charge in [0, 0.05) is 31.2 Å². The fraction of sp³-hybridized carbons (Fsp3) is 0.579. The van der Waals surface area contributed by atoms with Crippen LogP contribution in [0.5, 0.6) is 0 Å². The maximum atomic E-state index is 12.0. The van der Waals surface area contributed by atoms with Crippen molar-refractivity contribution in [2.45, 2.75) is 51.0 Å². The molecule has 0 bridgehead atoms. The number of amides is 2. The van der Waals surface area contributed by atoms with Crippen LogP contribution in [0.15, 0.2) is 24.3 Å². The molecule has 0 aliphatic carbocycles. The lowest BCUT2D eigenvalue weighted by molar-refractivity contribution is -0.134. The molecule has 0 spiro atoms. The van der Waals surface area contributed by atoms with Crippen LogP contribution in [0, 0.1) is 0 Å². The Balaban J connectivity index is 1.63. The molecule has 2 fully saturated rings. The minimum atomic E-state index is -0.197. The minimum Gasteiger partial charge on any atom is -0.370 e. The van der Waals surface area contributed by atoms with Gasteiger partial charge in [-0.2, -0.15) is 0 Å². The van der Waals surface area contributed by atoms with Crippen LogP contribution in [-0.4, -0.2) is 37.5 Å². The highest BCUT2D eigenvalue weighted by atomic mass is 16.2. The number of anilines is 1. The number of nitrogens with zero attached hydrogens (tertiary/aromatic N) is 1. The molecule has 2 unspecified atom stereocenters. The lowest BCUT2D eigenvalue weighted by Gasteiger charge is -2.35. The van der Waals surface area contributed by atoms with E-state index in [0.29, 0.717) is 18.9 Å². The summed E-state index contributed by atoms with van der Waals surface area (Å²) < 4.78 is 0. The Morgan fingerprint density at radius 3 is 2.71 bits per heavy atom. The fourth-order valence-corrected chi connectivity index (χ4v) is 3.66. The summed E-state index contributed by atoms with van der Waals surface area (Å²) in [5, 5.41) is 6.05. The highest BCUT2D eigenvalue weighted by Crippen LogP contribution is 2.27. The molecule has 5 nitrogen and oxygen atoms in total. The summed E-state index contributed by atoms with van der Waals surface area (Å²) in [5.41, 5.74) is 2.22. The number of carbonyl (C=O) groups excluding carboxylic acids is 2. The molecule has 2 N–H and O–H groups in total. The van der Waals surface area contributed by atoms with E-state index in [2.05, 4.69) is 34.6 Å². The van der Waals surface area contributed by atoms with E-state index >= 15 is 0 Å². The molecule has 0 radical (unpaired) electrons. The molecular weight excluding hydrogens is 302 g/mol. The van der Waals surface area contributed by atoms with Crippen molar-refractivity contribution >= 4 is 17.5 Å². The van der Waals surface area contributed by atoms with E-state index in [1.807, 2.05) is 12.1 Å². The van der Waals surface area contributed by atoms with E-state index in [1.54, 1.807) is 0 Å². The monoisotopic (exact) mass is 329 g/mol. The summed E-state index contributed by atoms with van der Waals surface area (Å²) in [6.45, 7) is 5.40. The van der Waals surface area contributed by atoms with Crippen LogP contribution in [-0.2, 0) is 9.59 Å². The molecule has 24 heavy (non-hydrogen) atoms. The normalized spacial score (nSPS) is 24.8. The summed E-state index contributed by atoms with van der Waals surface area (Å²) in [5.74, 6) is -0.523. The zero-order valence-electron chi connectivity index (χ0n) is 14.4. The highest BCUT2D eigenvalue weighted by Gasteiger charge is 2.28. The van der Waals surface area contributed by atoms with Crippen LogP contribution in [0.25, 0.3) is 0 Å². The molecule has 3 rings (SSSR count).